The van der Waals surface area contributed by atoms with Gasteiger partial charge in [-0.1, -0.05) is 37.6 Å². The summed E-state index contributed by atoms with van der Waals surface area (Å²) in [5.41, 5.74) is 1.37. The molecule has 0 amide bonds. The molecule has 108 valence electrons. The van der Waals surface area contributed by atoms with Crippen molar-refractivity contribution in [2.75, 3.05) is 25.1 Å². The largest absolute Gasteiger partial charge is 0.316 e. The Morgan fingerprint density at radius 2 is 2.05 bits per heavy atom. The third kappa shape index (κ3) is 7.24. The second-order valence-corrected chi connectivity index (χ2v) is 6.86. The van der Waals surface area contributed by atoms with Crippen molar-refractivity contribution >= 4 is 23.4 Å². The van der Waals surface area contributed by atoms with Crippen LogP contribution in [-0.4, -0.2) is 25.1 Å². The van der Waals surface area contributed by atoms with Gasteiger partial charge in [-0.05, 0) is 60.9 Å². The number of hydrogen-bond donors (Lipinski definition) is 1. The van der Waals surface area contributed by atoms with Crippen LogP contribution in [0.25, 0.3) is 0 Å². The number of rotatable bonds is 9. The monoisotopic (exact) mass is 299 g/mol. The lowest BCUT2D eigenvalue weighted by Crippen LogP contribution is -2.25. The van der Waals surface area contributed by atoms with Crippen molar-refractivity contribution in [1.29, 1.82) is 0 Å². The lowest BCUT2D eigenvalue weighted by molar-refractivity contribution is 0.498. The average Bonchev–Trinajstić information content (AvgIpc) is 2.37. The molecule has 0 radical (unpaired) electrons. The van der Waals surface area contributed by atoms with Gasteiger partial charge in [0.1, 0.15) is 0 Å². The van der Waals surface area contributed by atoms with Crippen molar-refractivity contribution in [3.05, 3.63) is 34.9 Å². The second kappa shape index (κ2) is 9.68. The summed E-state index contributed by atoms with van der Waals surface area (Å²) in [7, 11) is 0. The van der Waals surface area contributed by atoms with Crippen molar-refractivity contribution < 1.29 is 0 Å². The molecule has 0 fully saturated rings. The Hall–Kier alpha value is -0.180. The van der Waals surface area contributed by atoms with Gasteiger partial charge in [-0.25, -0.2) is 0 Å². The molecule has 0 heterocycles. The van der Waals surface area contributed by atoms with Crippen LogP contribution in [0.4, 0.5) is 0 Å². The molecular weight excluding hydrogens is 274 g/mol. The molecule has 0 aromatic heterocycles. The molecule has 1 aromatic carbocycles. The number of thioether (sulfide) groups is 1. The van der Waals surface area contributed by atoms with Crippen LogP contribution in [0.1, 0.15) is 38.2 Å². The SMILES string of the molecule is CSCCCC(CNCC(C)C)c1cccc(Cl)c1. The number of nitrogens with one attached hydrogen (secondary N) is 1. The van der Waals surface area contributed by atoms with Gasteiger partial charge in [-0.15, -0.1) is 0 Å². The van der Waals surface area contributed by atoms with Crippen LogP contribution in [0.5, 0.6) is 0 Å². The first-order chi connectivity index (χ1) is 9.13. The van der Waals surface area contributed by atoms with Crippen LogP contribution in [-0.2, 0) is 0 Å². The molecule has 1 atom stereocenters. The van der Waals surface area contributed by atoms with Crippen LogP contribution in [0.15, 0.2) is 24.3 Å². The Bertz CT molecular complexity index is 354. The minimum absolute atomic E-state index is 0.574. The van der Waals surface area contributed by atoms with Crippen LogP contribution in [0, 0.1) is 5.92 Å². The molecule has 0 bridgehead atoms. The Balaban J connectivity index is 2.57. The first kappa shape index (κ1) is 16.9. The molecule has 0 aliphatic rings. The topological polar surface area (TPSA) is 12.0 Å². The quantitative estimate of drug-likeness (QED) is 0.657. The van der Waals surface area contributed by atoms with E-state index in [4.69, 9.17) is 11.6 Å². The summed E-state index contributed by atoms with van der Waals surface area (Å²) in [5.74, 6) is 2.51. The minimum atomic E-state index is 0.574. The second-order valence-electron chi connectivity index (χ2n) is 5.44. The van der Waals surface area contributed by atoms with E-state index in [0.29, 0.717) is 11.8 Å². The fraction of sp³-hybridized carbons (Fsp3) is 0.625. The molecule has 3 heteroatoms. The zero-order chi connectivity index (χ0) is 14.1. The van der Waals surface area contributed by atoms with E-state index in [1.165, 1.54) is 24.2 Å². The standard InChI is InChI=1S/C16H26ClNS/c1-13(2)11-18-12-15(7-5-9-19-3)14-6-4-8-16(17)10-14/h4,6,8,10,13,15,18H,5,7,9,11-12H2,1-3H3. The van der Waals surface area contributed by atoms with Crippen molar-refractivity contribution in [2.24, 2.45) is 5.92 Å². The first-order valence-corrected chi connectivity index (χ1v) is 8.85. The molecule has 0 saturated carbocycles. The lowest BCUT2D eigenvalue weighted by atomic mass is 9.94. The Morgan fingerprint density at radius 1 is 1.26 bits per heavy atom. The number of hydrogen-bond acceptors (Lipinski definition) is 2. The van der Waals surface area contributed by atoms with Gasteiger partial charge in [0.05, 0.1) is 0 Å². The maximum atomic E-state index is 6.11. The van der Waals surface area contributed by atoms with Gasteiger partial charge < -0.3 is 5.32 Å². The lowest BCUT2D eigenvalue weighted by Gasteiger charge is -2.19. The van der Waals surface area contributed by atoms with E-state index < -0.39 is 0 Å². The summed E-state index contributed by atoms with van der Waals surface area (Å²) in [6.07, 6.45) is 4.67. The van der Waals surface area contributed by atoms with Crippen LogP contribution < -0.4 is 5.32 Å². The van der Waals surface area contributed by atoms with E-state index >= 15 is 0 Å². The predicted octanol–water partition coefficient (Wildman–Crippen LogP) is 4.81. The fourth-order valence-corrected chi connectivity index (χ4v) is 2.82. The third-order valence-electron chi connectivity index (χ3n) is 3.16. The van der Waals surface area contributed by atoms with Gasteiger partial charge >= 0.3 is 0 Å². The molecule has 0 aliphatic heterocycles. The Kier molecular flexibility index (Phi) is 8.60. The molecule has 1 unspecified atom stereocenters. The van der Waals surface area contributed by atoms with Crippen molar-refractivity contribution in [3.8, 4) is 0 Å². The van der Waals surface area contributed by atoms with Crippen LogP contribution in [0.2, 0.25) is 5.02 Å². The highest BCUT2D eigenvalue weighted by Gasteiger charge is 2.11. The van der Waals surface area contributed by atoms with Gasteiger partial charge in [-0.2, -0.15) is 11.8 Å². The molecule has 0 spiro atoms. The minimum Gasteiger partial charge on any atom is -0.316 e. The van der Waals surface area contributed by atoms with E-state index in [1.54, 1.807) is 0 Å². The summed E-state index contributed by atoms with van der Waals surface area (Å²) in [6, 6.07) is 8.32. The van der Waals surface area contributed by atoms with E-state index in [1.807, 2.05) is 17.8 Å². The van der Waals surface area contributed by atoms with Gasteiger partial charge in [0.2, 0.25) is 0 Å². The Labute approximate surface area is 127 Å². The highest BCUT2D eigenvalue weighted by atomic mass is 35.5. The summed E-state index contributed by atoms with van der Waals surface area (Å²) >= 11 is 8.03. The van der Waals surface area contributed by atoms with Crippen molar-refractivity contribution in [1.82, 2.24) is 5.32 Å². The maximum absolute atomic E-state index is 6.11. The highest BCUT2D eigenvalue weighted by molar-refractivity contribution is 7.98. The molecular formula is C16H26ClNS. The smallest absolute Gasteiger partial charge is 0.0408 e. The number of halogens is 1. The summed E-state index contributed by atoms with van der Waals surface area (Å²) in [4.78, 5) is 0. The van der Waals surface area contributed by atoms with Crippen LogP contribution >= 0.6 is 23.4 Å². The Morgan fingerprint density at radius 3 is 2.68 bits per heavy atom. The van der Waals surface area contributed by atoms with Crippen LogP contribution in [0.3, 0.4) is 0 Å². The summed E-state index contributed by atoms with van der Waals surface area (Å²) in [6.45, 7) is 6.62. The highest BCUT2D eigenvalue weighted by Crippen LogP contribution is 2.24. The first-order valence-electron chi connectivity index (χ1n) is 7.08. The molecule has 0 aliphatic carbocycles. The maximum Gasteiger partial charge on any atom is 0.0408 e. The van der Waals surface area contributed by atoms with Gasteiger partial charge in [-0.3, -0.25) is 0 Å². The average molecular weight is 300 g/mol. The molecule has 19 heavy (non-hydrogen) atoms. The van der Waals surface area contributed by atoms with E-state index in [0.717, 1.165) is 18.1 Å². The van der Waals surface area contributed by atoms with E-state index in [-0.39, 0.29) is 0 Å². The van der Waals surface area contributed by atoms with Gasteiger partial charge in [0.25, 0.3) is 0 Å². The normalized spacial score (nSPS) is 12.9. The van der Waals surface area contributed by atoms with Crippen molar-refractivity contribution in [2.45, 2.75) is 32.6 Å². The predicted molar refractivity (Wildman–Crippen MR) is 89.5 cm³/mol. The molecule has 1 aromatic rings. The zero-order valence-electron chi connectivity index (χ0n) is 12.3. The molecule has 1 rings (SSSR count). The number of benzene rings is 1. The fourth-order valence-electron chi connectivity index (χ4n) is 2.17. The van der Waals surface area contributed by atoms with Crippen molar-refractivity contribution in [3.63, 3.8) is 0 Å². The molecule has 1 N–H and O–H groups in total. The zero-order valence-corrected chi connectivity index (χ0v) is 13.9. The van der Waals surface area contributed by atoms with Gasteiger partial charge in [0.15, 0.2) is 0 Å². The molecule has 1 nitrogen and oxygen atoms in total. The summed E-state index contributed by atoms with van der Waals surface area (Å²) < 4.78 is 0. The van der Waals surface area contributed by atoms with E-state index in [2.05, 4.69) is 43.6 Å². The van der Waals surface area contributed by atoms with E-state index in [9.17, 15) is 0 Å². The third-order valence-corrected chi connectivity index (χ3v) is 4.10. The molecule has 0 saturated heterocycles. The van der Waals surface area contributed by atoms with Gasteiger partial charge in [0, 0.05) is 11.6 Å². The summed E-state index contributed by atoms with van der Waals surface area (Å²) in [5, 5.41) is 4.42.